The SMILES string of the molecule is C[C@@H]1CCCc2sc3ncn4nc(CCC(=O)[O-])nc4c3c21. The Labute approximate surface area is 130 Å². The fourth-order valence-electron chi connectivity index (χ4n) is 3.25. The Morgan fingerprint density at radius 2 is 2.41 bits per heavy atom. The van der Waals surface area contributed by atoms with Crippen molar-refractivity contribution < 1.29 is 9.90 Å². The Balaban J connectivity index is 1.90. The number of rotatable bonds is 3. The number of aliphatic carboxylic acids is 1. The zero-order valence-corrected chi connectivity index (χ0v) is 13.0. The molecular formula is C15H15N4O2S-. The predicted molar refractivity (Wildman–Crippen MR) is 80.8 cm³/mol. The predicted octanol–water partition coefficient (Wildman–Crippen LogP) is 1.46. The van der Waals surface area contributed by atoms with Crippen LogP contribution in [0.3, 0.4) is 0 Å². The van der Waals surface area contributed by atoms with Gasteiger partial charge in [-0.25, -0.2) is 14.5 Å². The first-order valence-corrected chi connectivity index (χ1v) is 8.30. The summed E-state index contributed by atoms with van der Waals surface area (Å²) in [6, 6.07) is 0. The smallest absolute Gasteiger partial charge is 0.167 e. The highest BCUT2D eigenvalue weighted by Crippen LogP contribution is 2.42. The van der Waals surface area contributed by atoms with E-state index >= 15 is 0 Å². The van der Waals surface area contributed by atoms with Crippen LogP contribution in [0, 0.1) is 0 Å². The van der Waals surface area contributed by atoms with Crippen molar-refractivity contribution in [1.29, 1.82) is 0 Å². The third-order valence-electron chi connectivity index (χ3n) is 4.27. The normalized spacial score (nSPS) is 18.0. The monoisotopic (exact) mass is 315 g/mol. The van der Waals surface area contributed by atoms with E-state index in [1.54, 1.807) is 22.2 Å². The maximum Gasteiger partial charge on any atom is 0.167 e. The number of carbonyl (C=O) groups excluding carboxylic acids is 1. The molecule has 7 heteroatoms. The molecule has 22 heavy (non-hydrogen) atoms. The number of carboxylic acid groups (broad SMARTS) is 1. The number of hydrogen-bond acceptors (Lipinski definition) is 6. The van der Waals surface area contributed by atoms with Gasteiger partial charge in [-0.05, 0) is 37.2 Å². The van der Waals surface area contributed by atoms with Crippen LogP contribution in [0.4, 0.5) is 0 Å². The number of fused-ring (bicyclic) bond motifs is 5. The average molecular weight is 315 g/mol. The Kier molecular flexibility index (Phi) is 3.11. The second kappa shape index (κ2) is 5.01. The molecule has 3 aromatic heterocycles. The van der Waals surface area contributed by atoms with Gasteiger partial charge in [-0.15, -0.1) is 16.4 Å². The first-order valence-electron chi connectivity index (χ1n) is 7.49. The lowest BCUT2D eigenvalue weighted by Crippen LogP contribution is -2.22. The second-order valence-electron chi connectivity index (χ2n) is 5.83. The molecule has 3 aromatic rings. The molecule has 1 aliphatic rings. The molecule has 6 nitrogen and oxygen atoms in total. The molecule has 0 saturated carbocycles. The molecule has 0 unspecified atom stereocenters. The summed E-state index contributed by atoms with van der Waals surface area (Å²) in [6.07, 6.45) is 5.41. The summed E-state index contributed by atoms with van der Waals surface area (Å²) in [5, 5.41) is 16.1. The molecule has 0 spiro atoms. The lowest BCUT2D eigenvalue weighted by molar-refractivity contribution is -0.305. The largest absolute Gasteiger partial charge is 0.550 e. The van der Waals surface area contributed by atoms with E-state index in [1.165, 1.54) is 23.3 Å². The number of hydrogen-bond donors (Lipinski definition) is 0. The summed E-state index contributed by atoms with van der Waals surface area (Å²) < 4.78 is 1.67. The van der Waals surface area contributed by atoms with Crippen LogP contribution in [0.25, 0.3) is 15.9 Å². The summed E-state index contributed by atoms with van der Waals surface area (Å²) in [5.74, 6) is -0.0422. The molecule has 0 fully saturated rings. The molecule has 0 aliphatic heterocycles. The third kappa shape index (κ3) is 2.08. The first-order chi connectivity index (χ1) is 10.6. The van der Waals surface area contributed by atoms with Gasteiger partial charge in [-0.3, -0.25) is 0 Å². The van der Waals surface area contributed by atoms with E-state index in [1.807, 2.05) is 0 Å². The number of carboxylic acids is 1. The average Bonchev–Trinajstić information content (AvgIpc) is 3.05. The summed E-state index contributed by atoms with van der Waals surface area (Å²) in [5.41, 5.74) is 2.16. The van der Waals surface area contributed by atoms with E-state index in [9.17, 15) is 9.90 Å². The molecule has 0 amide bonds. The minimum absolute atomic E-state index is 0.0639. The van der Waals surface area contributed by atoms with Gasteiger partial charge in [-0.1, -0.05) is 6.92 Å². The second-order valence-corrected chi connectivity index (χ2v) is 6.91. The van der Waals surface area contributed by atoms with Gasteiger partial charge < -0.3 is 9.90 Å². The fourth-order valence-corrected chi connectivity index (χ4v) is 4.55. The zero-order chi connectivity index (χ0) is 15.3. The van der Waals surface area contributed by atoms with Crippen LogP contribution in [0.1, 0.15) is 48.4 Å². The zero-order valence-electron chi connectivity index (χ0n) is 12.2. The number of carbonyl (C=O) groups is 1. The van der Waals surface area contributed by atoms with E-state index in [-0.39, 0.29) is 12.8 Å². The highest BCUT2D eigenvalue weighted by molar-refractivity contribution is 7.19. The standard InChI is InChI=1S/C15H16N4O2S/c1-8-3-2-4-9-12(8)13-14-17-10(5-6-11(20)21)18-19(14)7-16-15(13)22-9/h7-8H,2-6H2,1H3,(H,20,21)/p-1/t8-/m1/s1. The Bertz CT molecular complexity index is 883. The lowest BCUT2D eigenvalue weighted by atomic mass is 9.87. The van der Waals surface area contributed by atoms with Crippen LogP contribution in [0.15, 0.2) is 6.33 Å². The Hall–Kier alpha value is -2.02. The molecule has 0 bridgehead atoms. The van der Waals surface area contributed by atoms with Gasteiger partial charge in [0.05, 0.1) is 5.39 Å². The van der Waals surface area contributed by atoms with E-state index < -0.39 is 5.97 Å². The molecule has 0 radical (unpaired) electrons. The van der Waals surface area contributed by atoms with E-state index in [0.717, 1.165) is 22.3 Å². The quantitative estimate of drug-likeness (QED) is 0.730. The molecule has 114 valence electrons. The Morgan fingerprint density at radius 1 is 1.55 bits per heavy atom. The topological polar surface area (TPSA) is 83.2 Å². The van der Waals surface area contributed by atoms with Gasteiger partial charge in [0, 0.05) is 17.3 Å². The van der Waals surface area contributed by atoms with Crippen molar-refractivity contribution in [2.75, 3.05) is 0 Å². The van der Waals surface area contributed by atoms with Gasteiger partial charge in [0.2, 0.25) is 0 Å². The molecule has 0 N–H and O–H groups in total. The number of nitrogens with zero attached hydrogens (tertiary/aromatic N) is 4. The minimum atomic E-state index is -1.08. The number of aromatic nitrogens is 4. The van der Waals surface area contributed by atoms with Crippen LogP contribution in [-0.2, 0) is 17.6 Å². The van der Waals surface area contributed by atoms with Crippen LogP contribution in [0.2, 0.25) is 0 Å². The molecule has 1 atom stereocenters. The van der Waals surface area contributed by atoms with Crippen molar-refractivity contribution in [3.63, 3.8) is 0 Å². The molecule has 0 saturated heterocycles. The van der Waals surface area contributed by atoms with Crippen molar-refractivity contribution in [2.24, 2.45) is 0 Å². The third-order valence-corrected chi connectivity index (χ3v) is 5.45. The lowest BCUT2D eigenvalue weighted by Gasteiger charge is -2.18. The molecule has 4 rings (SSSR count). The molecule has 3 heterocycles. The van der Waals surface area contributed by atoms with Crippen LogP contribution < -0.4 is 5.11 Å². The van der Waals surface area contributed by atoms with E-state index in [2.05, 4.69) is 22.0 Å². The Morgan fingerprint density at radius 3 is 3.23 bits per heavy atom. The van der Waals surface area contributed by atoms with E-state index in [0.29, 0.717) is 11.7 Å². The van der Waals surface area contributed by atoms with Gasteiger partial charge in [0.25, 0.3) is 0 Å². The van der Waals surface area contributed by atoms with Crippen LogP contribution >= 0.6 is 11.3 Å². The minimum Gasteiger partial charge on any atom is -0.550 e. The first kappa shape index (κ1) is 13.6. The van der Waals surface area contributed by atoms with Crippen molar-refractivity contribution >= 4 is 33.2 Å². The summed E-state index contributed by atoms with van der Waals surface area (Å²) in [6.45, 7) is 2.25. The highest BCUT2D eigenvalue weighted by atomic mass is 32.1. The van der Waals surface area contributed by atoms with Crippen LogP contribution in [0.5, 0.6) is 0 Å². The van der Waals surface area contributed by atoms with Crippen molar-refractivity contribution in [1.82, 2.24) is 19.6 Å². The number of aryl methyl sites for hydroxylation is 2. The number of thiophene rings is 1. The summed E-state index contributed by atoms with van der Waals surface area (Å²) >= 11 is 1.75. The van der Waals surface area contributed by atoms with Crippen molar-refractivity contribution in [2.45, 2.75) is 44.9 Å². The van der Waals surface area contributed by atoms with E-state index in [4.69, 9.17) is 0 Å². The molecular weight excluding hydrogens is 300 g/mol. The maximum atomic E-state index is 10.6. The molecule has 0 aromatic carbocycles. The maximum absolute atomic E-state index is 10.6. The van der Waals surface area contributed by atoms with Gasteiger partial charge in [0.1, 0.15) is 11.2 Å². The highest BCUT2D eigenvalue weighted by Gasteiger charge is 2.25. The van der Waals surface area contributed by atoms with Crippen molar-refractivity contribution in [3.8, 4) is 0 Å². The molecule has 1 aliphatic carbocycles. The summed E-state index contributed by atoms with van der Waals surface area (Å²) in [4.78, 5) is 22.1. The van der Waals surface area contributed by atoms with Gasteiger partial charge in [-0.2, -0.15) is 0 Å². The summed E-state index contributed by atoms with van der Waals surface area (Å²) in [7, 11) is 0. The van der Waals surface area contributed by atoms with Crippen molar-refractivity contribution in [3.05, 3.63) is 22.6 Å². The van der Waals surface area contributed by atoms with Gasteiger partial charge in [0.15, 0.2) is 11.5 Å². The van der Waals surface area contributed by atoms with Crippen LogP contribution in [-0.4, -0.2) is 25.6 Å². The fraction of sp³-hybridized carbons (Fsp3) is 0.467. The van der Waals surface area contributed by atoms with Gasteiger partial charge >= 0.3 is 0 Å².